The van der Waals surface area contributed by atoms with E-state index in [-0.39, 0.29) is 11.4 Å². The maximum Gasteiger partial charge on any atom is 0.251 e. The summed E-state index contributed by atoms with van der Waals surface area (Å²) in [6, 6.07) is 9.46. The molecule has 2 atom stereocenters. The summed E-state index contributed by atoms with van der Waals surface area (Å²) in [5, 5.41) is 12.2. The molecular formula is C24H22N4O2. The van der Waals surface area contributed by atoms with Gasteiger partial charge in [-0.2, -0.15) is 5.26 Å². The number of amides is 1. The van der Waals surface area contributed by atoms with E-state index in [0.717, 1.165) is 42.7 Å². The highest BCUT2D eigenvalue weighted by Gasteiger charge is 2.61. The number of allylic oxidation sites excluding steroid dienone is 4. The Balaban J connectivity index is 1.31. The van der Waals surface area contributed by atoms with E-state index in [1.165, 1.54) is 0 Å². The van der Waals surface area contributed by atoms with Crippen molar-refractivity contribution in [2.75, 3.05) is 13.1 Å². The Morgan fingerprint density at radius 2 is 2.17 bits per heavy atom. The number of carbonyl (C=O) groups is 1. The third-order valence-electron chi connectivity index (χ3n) is 6.11. The molecule has 1 aliphatic heterocycles. The highest BCUT2D eigenvalue weighted by molar-refractivity contribution is 5.95. The molecule has 30 heavy (non-hydrogen) atoms. The number of carbonyl (C=O) groups excluding carboxylic acids is 1. The van der Waals surface area contributed by atoms with Gasteiger partial charge in [0.1, 0.15) is 5.76 Å². The third kappa shape index (κ3) is 3.43. The van der Waals surface area contributed by atoms with Gasteiger partial charge in [0.15, 0.2) is 11.9 Å². The van der Waals surface area contributed by atoms with E-state index in [2.05, 4.69) is 22.6 Å². The van der Waals surface area contributed by atoms with Gasteiger partial charge in [0.25, 0.3) is 5.91 Å². The van der Waals surface area contributed by atoms with Crippen molar-refractivity contribution < 1.29 is 9.53 Å². The summed E-state index contributed by atoms with van der Waals surface area (Å²) in [6.45, 7) is 1.35. The summed E-state index contributed by atoms with van der Waals surface area (Å²) < 4.78 is 6.08. The molecule has 0 bridgehead atoms. The molecule has 6 heteroatoms. The van der Waals surface area contributed by atoms with Gasteiger partial charge in [-0.15, -0.1) is 0 Å². The van der Waals surface area contributed by atoms with Crippen LogP contribution in [-0.2, 0) is 0 Å². The molecule has 0 spiro atoms. The molecule has 1 aromatic heterocycles. The molecule has 6 nitrogen and oxygen atoms in total. The average Bonchev–Trinajstić information content (AvgIpc) is 3.33. The minimum Gasteiger partial charge on any atom is -0.459 e. The van der Waals surface area contributed by atoms with Gasteiger partial charge in [-0.05, 0) is 42.7 Å². The fourth-order valence-corrected chi connectivity index (χ4v) is 4.36. The Labute approximate surface area is 175 Å². The van der Waals surface area contributed by atoms with Crippen molar-refractivity contribution in [3.63, 3.8) is 0 Å². The van der Waals surface area contributed by atoms with E-state index < -0.39 is 0 Å². The highest BCUT2D eigenvalue weighted by Crippen LogP contribution is 2.49. The molecule has 1 aromatic carbocycles. The van der Waals surface area contributed by atoms with Gasteiger partial charge < -0.3 is 15.0 Å². The van der Waals surface area contributed by atoms with Crippen LogP contribution in [0.3, 0.4) is 0 Å². The number of rotatable bonds is 5. The highest BCUT2D eigenvalue weighted by atomic mass is 16.5. The number of benzene rings is 1. The van der Waals surface area contributed by atoms with Crippen LogP contribution in [0.2, 0.25) is 0 Å². The van der Waals surface area contributed by atoms with Gasteiger partial charge in [-0.3, -0.25) is 9.78 Å². The van der Waals surface area contributed by atoms with E-state index in [0.29, 0.717) is 23.8 Å². The number of ether oxygens (including phenoxy) is 1. The van der Waals surface area contributed by atoms with Gasteiger partial charge in [-0.1, -0.05) is 24.3 Å². The first-order valence-corrected chi connectivity index (χ1v) is 10.2. The summed E-state index contributed by atoms with van der Waals surface area (Å²) in [5.41, 5.74) is 2.30. The van der Waals surface area contributed by atoms with Gasteiger partial charge in [0, 0.05) is 36.2 Å². The average molecular weight is 398 g/mol. The molecule has 1 unspecified atom stereocenters. The lowest BCUT2D eigenvalue weighted by Gasteiger charge is -2.17. The summed E-state index contributed by atoms with van der Waals surface area (Å²) in [5.74, 6) is 1.93. The zero-order chi connectivity index (χ0) is 20.6. The molecule has 5 rings (SSSR count). The van der Waals surface area contributed by atoms with E-state index in [4.69, 9.17) is 10.00 Å². The fraction of sp³-hybridized carbons (Fsp3) is 0.292. The Bertz CT molecular complexity index is 1080. The lowest BCUT2D eigenvalue weighted by Crippen LogP contribution is -2.41. The monoisotopic (exact) mass is 398 g/mol. The predicted molar refractivity (Wildman–Crippen MR) is 112 cm³/mol. The lowest BCUT2D eigenvalue weighted by atomic mass is 10.0. The molecule has 3 aliphatic rings. The van der Waals surface area contributed by atoms with Crippen molar-refractivity contribution in [1.29, 1.82) is 5.26 Å². The van der Waals surface area contributed by atoms with Crippen molar-refractivity contribution in [3.8, 4) is 23.1 Å². The van der Waals surface area contributed by atoms with Crippen LogP contribution in [0.25, 0.3) is 11.1 Å². The standard InChI is InChI=1S/C24H22N4O2/c25-16-28-14-19-12-24(19,15-28)27-23(29)18-8-6-17(7-9-18)21-10-11-26-13-22(21)30-20-4-2-1-3-5-20/h1-2,4,6-11,13,19H,3,5,12,14-15H2,(H,27,29)/t19?,24-/m0/s1. The summed E-state index contributed by atoms with van der Waals surface area (Å²) in [7, 11) is 0. The molecule has 2 aliphatic carbocycles. The number of aromatic nitrogens is 1. The molecule has 1 saturated heterocycles. The Morgan fingerprint density at radius 1 is 1.30 bits per heavy atom. The molecule has 2 heterocycles. The Hall–Kier alpha value is -3.59. The predicted octanol–water partition coefficient (Wildman–Crippen LogP) is 3.65. The third-order valence-corrected chi connectivity index (χ3v) is 6.11. The number of likely N-dealkylation sites (tertiary alicyclic amines) is 1. The summed E-state index contributed by atoms with van der Waals surface area (Å²) in [4.78, 5) is 18.7. The van der Waals surface area contributed by atoms with Gasteiger partial charge in [0.05, 0.1) is 18.3 Å². The van der Waals surface area contributed by atoms with E-state index >= 15 is 0 Å². The molecule has 150 valence electrons. The Kier molecular flexibility index (Phi) is 4.51. The topological polar surface area (TPSA) is 78.3 Å². The van der Waals surface area contributed by atoms with Crippen LogP contribution in [-0.4, -0.2) is 34.4 Å². The van der Waals surface area contributed by atoms with Crippen LogP contribution in [0.5, 0.6) is 5.75 Å². The van der Waals surface area contributed by atoms with Crippen molar-refractivity contribution in [3.05, 3.63) is 72.3 Å². The minimum absolute atomic E-state index is 0.0887. The number of hydrogen-bond donors (Lipinski definition) is 1. The lowest BCUT2D eigenvalue weighted by molar-refractivity contribution is 0.0929. The van der Waals surface area contributed by atoms with Crippen LogP contribution in [0.1, 0.15) is 29.6 Å². The zero-order valence-corrected chi connectivity index (χ0v) is 16.5. The molecular weight excluding hydrogens is 376 g/mol. The van der Waals surface area contributed by atoms with Gasteiger partial charge in [0.2, 0.25) is 0 Å². The second kappa shape index (κ2) is 7.34. The molecule has 2 aromatic rings. The van der Waals surface area contributed by atoms with Crippen molar-refractivity contribution in [1.82, 2.24) is 15.2 Å². The van der Waals surface area contributed by atoms with Crippen molar-refractivity contribution >= 4 is 5.91 Å². The minimum atomic E-state index is -0.222. The van der Waals surface area contributed by atoms with Crippen molar-refractivity contribution in [2.45, 2.75) is 24.8 Å². The largest absolute Gasteiger partial charge is 0.459 e. The maximum atomic E-state index is 12.7. The van der Waals surface area contributed by atoms with Crippen LogP contribution < -0.4 is 10.1 Å². The number of nitriles is 1. The Morgan fingerprint density at radius 3 is 2.90 bits per heavy atom. The van der Waals surface area contributed by atoms with Crippen LogP contribution in [0.4, 0.5) is 0 Å². The first-order valence-electron chi connectivity index (χ1n) is 10.2. The number of piperidine rings is 1. The summed E-state index contributed by atoms with van der Waals surface area (Å²) >= 11 is 0. The maximum absolute atomic E-state index is 12.7. The molecule has 1 N–H and O–H groups in total. The number of hydrogen-bond acceptors (Lipinski definition) is 5. The second-order valence-corrected chi connectivity index (χ2v) is 8.14. The van der Waals surface area contributed by atoms with Crippen LogP contribution in [0.15, 0.2) is 66.7 Å². The molecule has 0 radical (unpaired) electrons. The summed E-state index contributed by atoms with van der Waals surface area (Å²) in [6.07, 6.45) is 14.6. The zero-order valence-electron chi connectivity index (χ0n) is 16.5. The second-order valence-electron chi connectivity index (χ2n) is 8.14. The van der Waals surface area contributed by atoms with Crippen molar-refractivity contribution in [2.24, 2.45) is 5.92 Å². The van der Waals surface area contributed by atoms with Gasteiger partial charge >= 0.3 is 0 Å². The van der Waals surface area contributed by atoms with Crippen LogP contribution >= 0.6 is 0 Å². The van der Waals surface area contributed by atoms with Crippen LogP contribution in [0, 0.1) is 17.4 Å². The molecule has 1 amide bonds. The van der Waals surface area contributed by atoms with E-state index in [1.54, 1.807) is 17.3 Å². The number of nitrogens with one attached hydrogen (secondary N) is 1. The number of pyridine rings is 1. The molecule has 2 fully saturated rings. The van der Waals surface area contributed by atoms with E-state index in [1.807, 2.05) is 42.5 Å². The quantitative estimate of drug-likeness (QED) is 0.778. The number of nitrogens with zero attached hydrogens (tertiary/aromatic N) is 3. The normalized spacial score (nSPS) is 23.9. The number of fused-ring (bicyclic) bond motifs is 1. The molecule has 1 saturated carbocycles. The SMILES string of the molecule is N#CN1CC2C[C@]2(NC(=O)c2ccc(-c3ccncc3OC3=CC=CCC3)cc2)C1. The smallest absolute Gasteiger partial charge is 0.251 e. The van der Waals surface area contributed by atoms with Gasteiger partial charge in [-0.25, -0.2) is 0 Å². The first-order chi connectivity index (χ1) is 14.7. The first kappa shape index (κ1) is 18.4. The van der Waals surface area contributed by atoms with E-state index in [9.17, 15) is 4.79 Å². The fourth-order valence-electron chi connectivity index (χ4n) is 4.36.